The van der Waals surface area contributed by atoms with Crippen LogP contribution in [0.2, 0.25) is 0 Å². The third-order valence-electron chi connectivity index (χ3n) is 12.2. The summed E-state index contributed by atoms with van der Waals surface area (Å²) in [5.74, 6) is 4.04. The zero-order valence-electron chi connectivity index (χ0n) is 38.6. The van der Waals surface area contributed by atoms with E-state index >= 15 is 0 Å². The molecule has 4 aliphatic heterocycles. The molecule has 0 N–H and O–H groups in total. The second-order valence-corrected chi connectivity index (χ2v) is 17.1. The number of rotatable bonds is 4. The maximum Gasteiger partial charge on any atom is 0.161 e. The van der Waals surface area contributed by atoms with E-state index in [1.807, 2.05) is 54.6 Å². The second kappa shape index (κ2) is 21.4. The van der Waals surface area contributed by atoms with E-state index in [0.717, 1.165) is 49.2 Å². The quantitative estimate of drug-likeness (QED) is 0.173. The first kappa shape index (κ1) is 44.4. The third-order valence-corrected chi connectivity index (χ3v) is 12.2. The SMILES string of the molecule is Cc1ccc(N2COc3ccccc3C2)cc1.Cc1cccc(N2COc3ccccc3C2)c1.Cc1ccccc1N1COc2ccccc2C1.c1ccc(N2COc3ccccc3C2)cc1. The molecule has 8 heteroatoms. The van der Waals surface area contributed by atoms with Crippen molar-refractivity contribution < 1.29 is 18.9 Å². The number of fused-ring (bicyclic) bond motifs is 4. The van der Waals surface area contributed by atoms with Gasteiger partial charge in [0.2, 0.25) is 0 Å². The molecular formula is C59H58N4O4. The fraction of sp³-hybridized carbons (Fsp3) is 0.186. The number of ether oxygens (including phenoxy) is 4. The summed E-state index contributed by atoms with van der Waals surface area (Å²) in [6, 6.07) is 68.7. The molecule has 0 spiro atoms. The Balaban J connectivity index is 0.000000112. The van der Waals surface area contributed by atoms with Gasteiger partial charge in [-0.1, -0.05) is 139 Å². The van der Waals surface area contributed by atoms with E-state index in [2.05, 4.69) is 186 Å². The van der Waals surface area contributed by atoms with Crippen molar-refractivity contribution in [2.45, 2.75) is 47.0 Å². The predicted octanol–water partition coefficient (Wildman–Crippen LogP) is 13.1. The fourth-order valence-corrected chi connectivity index (χ4v) is 8.49. The molecule has 8 nitrogen and oxygen atoms in total. The summed E-state index contributed by atoms with van der Waals surface area (Å²) in [6.07, 6.45) is 0. The largest absolute Gasteiger partial charge is 0.473 e. The highest BCUT2D eigenvalue weighted by molar-refractivity contribution is 5.56. The number of hydrogen-bond donors (Lipinski definition) is 0. The van der Waals surface area contributed by atoms with Gasteiger partial charge in [0.15, 0.2) is 26.9 Å². The lowest BCUT2D eigenvalue weighted by molar-refractivity contribution is 0.289. The Labute approximate surface area is 395 Å². The highest BCUT2D eigenvalue weighted by Crippen LogP contribution is 2.32. The van der Waals surface area contributed by atoms with Crippen LogP contribution in [0, 0.1) is 20.8 Å². The number of nitrogens with zero attached hydrogens (tertiary/aromatic N) is 4. The van der Waals surface area contributed by atoms with E-state index in [4.69, 9.17) is 18.9 Å². The Bertz CT molecular complexity index is 2850. The summed E-state index contributed by atoms with van der Waals surface area (Å²) in [5.41, 5.74) is 13.7. The lowest BCUT2D eigenvalue weighted by atomic mass is 10.1. The van der Waals surface area contributed by atoms with Crippen LogP contribution in [-0.2, 0) is 26.2 Å². The second-order valence-electron chi connectivity index (χ2n) is 17.1. The molecule has 0 fully saturated rings. The maximum absolute atomic E-state index is 5.77. The molecule has 0 aromatic heterocycles. The Morgan fingerprint density at radius 2 is 0.672 bits per heavy atom. The van der Waals surface area contributed by atoms with Crippen LogP contribution >= 0.6 is 0 Å². The van der Waals surface area contributed by atoms with Crippen molar-refractivity contribution >= 4 is 22.7 Å². The van der Waals surface area contributed by atoms with Gasteiger partial charge < -0.3 is 38.5 Å². The van der Waals surface area contributed by atoms with Gasteiger partial charge in [-0.05, 0) is 98.6 Å². The van der Waals surface area contributed by atoms with Crippen LogP contribution in [0.1, 0.15) is 38.9 Å². The minimum Gasteiger partial charge on any atom is -0.473 e. The smallest absolute Gasteiger partial charge is 0.161 e. The molecule has 8 aromatic rings. The number of hydrogen-bond acceptors (Lipinski definition) is 8. The van der Waals surface area contributed by atoms with Gasteiger partial charge in [0.05, 0.1) is 0 Å². The van der Waals surface area contributed by atoms with Crippen molar-refractivity contribution in [2.24, 2.45) is 0 Å². The van der Waals surface area contributed by atoms with Crippen LogP contribution in [0.25, 0.3) is 0 Å². The van der Waals surface area contributed by atoms with Gasteiger partial charge in [-0.15, -0.1) is 0 Å². The molecular weight excluding hydrogens is 829 g/mol. The molecule has 4 aliphatic rings. The highest BCUT2D eigenvalue weighted by Gasteiger charge is 2.20. The van der Waals surface area contributed by atoms with Gasteiger partial charge in [0, 0.05) is 71.2 Å². The zero-order chi connectivity index (χ0) is 45.8. The first-order valence-corrected chi connectivity index (χ1v) is 23.0. The van der Waals surface area contributed by atoms with Crippen molar-refractivity contribution in [2.75, 3.05) is 46.5 Å². The Kier molecular flexibility index (Phi) is 14.2. The first-order chi connectivity index (χ1) is 32.9. The van der Waals surface area contributed by atoms with Crippen molar-refractivity contribution in [1.29, 1.82) is 0 Å². The van der Waals surface area contributed by atoms with Crippen LogP contribution in [0.5, 0.6) is 23.0 Å². The Hall–Kier alpha value is -7.84. The zero-order valence-corrected chi connectivity index (χ0v) is 38.6. The Morgan fingerprint density at radius 1 is 0.299 bits per heavy atom. The van der Waals surface area contributed by atoms with E-state index in [1.165, 1.54) is 61.7 Å². The number of aryl methyl sites for hydroxylation is 3. The molecule has 0 amide bonds. The molecule has 8 aromatic carbocycles. The summed E-state index contributed by atoms with van der Waals surface area (Å²) in [7, 11) is 0. The molecule has 12 rings (SSSR count). The van der Waals surface area contributed by atoms with E-state index < -0.39 is 0 Å². The summed E-state index contributed by atoms with van der Waals surface area (Å²) in [6.45, 7) is 12.5. The third kappa shape index (κ3) is 11.3. The minimum absolute atomic E-state index is 0.625. The predicted molar refractivity (Wildman–Crippen MR) is 272 cm³/mol. The van der Waals surface area contributed by atoms with Crippen molar-refractivity contribution in [3.05, 3.63) is 239 Å². The van der Waals surface area contributed by atoms with Gasteiger partial charge in [-0.2, -0.15) is 0 Å². The maximum atomic E-state index is 5.77. The van der Waals surface area contributed by atoms with Gasteiger partial charge in [0.1, 0.15) is 23.0 Å². The molecule has 67 heavy (non-hydrogen) atoms. The van der Waals surface area contributed by atoms with Crippen molar-refractivity contribution in [3.63, 3.8) is 0 Å². The van der Waals surface area contributed by atoms with E-state index in [0.29, 0.717) is 26.9 Å². The molecule has 4 heterocycles. The fourth-order valence-electron chi connectivity index (χ4n) is 8.49. The highest BCUT2D eigenvalue weighted by atomic mass is 16.5. The van der Waals surface area contributed by atoms with E-state index in [-0.39, 0.29) is 0 Å². The number of benzene rings is 8. The molecule has 0 saturated carbocycles. The standard InChI is InChI=1S/3C15H15NO.C14H13NO/c1-12-6-2-4-8-14(12)16-10-13-7-3-5-9-15(13)17-11-16;1-12-5-4-7-14(9-12)16-10-13-6-2-3-8-15(13)17-11-16;1-12-6-8-14(9-7-12)16-10-13-4-2-3-5-15(13)17-11-16;1-2-7-13(8-3-1)15-10-12-6-4-5-9-14(12)16-11-15/h3*2-9H,10-11H2,1H3;1-9H,10-11H2. The summed E-state index contributed by atoms with van der Waals surface area (Å²) < 4.78 is 23.0. The number of anilines is 4. The van der Waals surface area contributed by atoms with Crippen molar-refractivity contribution in [3.8, 4) is 23.0 Å². The summed E-state index contributed by atoms with van der Waals surface area (Å²) in [4.78, 5) is 8.97. The summed E-state index contributed by atoms with van der Waals surface area (Å²) >= 11 is 0. The summed E-state index contributed by atoms with van der Waals surface area (Å²) in [5, 5.41) is 0. The average Bonchev–Trinajstić information content (AvgIpc) is 3.39. The van der Waals surface area contributed by atoms with Gasteiger partial charge in [-0.25, -0.2) is 0 Å². The lowest BCUT2D eigenvalue weighted by Gasteiger charge is -2.31. The van der Waals surface area contributed by atoms with Crippen LogP contribution in [0.15, 0.2) is 200 Å². The molecule has 0 unspecified atom stereocenters. The monoisotopic (exact) mass is 886 g/mol. The normalized spacial score (nSPS) is 14.1. The van der Waals surface area contributed by atoms with Gasteiger partial charge in [0.25, 0.3) is 0 Å². The molecule has 0 bridgehead atoms. The van der Waals surface area contributed by atoms with Crippen molar-refractivity contribution in [1.82, 2.24) is 0 Å². The van der Waals surface area contributed by atoms with Gasteiger partial charge in [-0.3, -0.25) is 0 Å². The van der Waals surface area contributed by atoms with Crippen LogP contribution in [-0.4, -0.2) is 26.9 Å². The minimum atomic E-state index is 0.625. The molecule has 0 atom stereocenters. The molecule has 0 aliphatic carbocycles. The van der Waals surface area contributed by atoms with Crippen LogP contribution in [0.3, 0.4) is 0 Å². The lowest BCUT2D eigenvalue weighted by Crippen LogP contribution is -2.32. The number of para-hydroxylation sites is 6. The van der Waals surface area contributed by atoms with Crippen LogP contribution < -0.4 is 38.5 Å². The topological polar surface area (TPSA) is 49.9 Å². The van der Waals surface area contributed by atoms with Crippen LogP contribution in [0.4, 0.5) is 22.7 Å². The molecule has 0 saturated heterocycles. The van der Waals surface area contributed by atoms with E-state index in [1.54, 1.807) is 0 Å². The van der Waals surface area contributed by atoms with Gasteiger partial charge >= 0.3 is 0 Å². The Morgan fingerprint density at radius 3 is 1.15 bits per heavy atom. The first-order valence-electron chi connectivity index (χ1n) is 23.0. The average molecular weight is 887 g/mol. The molecule has 338 valence electrons. The van der Waals surface area contributed by atoms with E-state index in [9.17, 15) is 0 Å². The molecule has 0 radical (unpaired) electrons.